The first-order valence-electron chi connectivity index (χ1n) is 8.88. The van der Waals surface area contributed by atoms with Crippen molar-refractivity contribution in [2.75, 3.05) is 48.8 Å². The van der Waals surface area contributed by atoms with E-state index >= 15 is 0 Å². The smallest absolute Gasteiger partial charge is 0.322 e. The van der Waals surface area contributed by atoms with Gasteiger partial charge in [0.05, 0.1) is 12.8 Å². The lowest BCUT2D eigenvalue weighted by atomic mass is 10.2. The van der Waals surface area contributed by atoms with Crippen LogP contribution in [0.25, 0.3) is 0 Å². The quantitative estimate of drug-likeness (QED) is 0.870. The molecule has 1 aliphatic heterocycles. The summed E-state index contributed by atoms with van der Waals surface area (Å²) in [6.45, 7) is 4.25. The first-order chi connectivity index (χ1) is 13.1. The van der Waals surface area contributed by atoms with Gasteiger partial charge in [0.25, 0.3) is 0 Å². The number of hydrogen-bond donors (Lipinski definition) is 2. The average molecular weight is 368 g/mol. The van der Waals surface area contributed by atoms with Crippen LogP contribution in [-0.2, 0) is 4.79 Å². The number of urea groups is 1. The summed E-state index contributed by atoms with van der Waals surface area (Å²) in [4.78, 5) is 27.7. The molecule has 1 aliphatic rings. The lowest BCUT2D eigenvalue weighted by molar-refractivity contribution is -0.114. The van der Waals surface area contributed by atoms with E-state index in [1.54, 1.807) is 12.0 Å². The Balaban J connectivity index is 1.55. The Morgan fingerprint density at radius 2 is 1.59 bits per heavy atom. The molecule has 2 aromatic rings. The van der Waals surface area contributed by atoms with Gasteiger partial charge in [0, 0.05) is 44.5 Å². The molecule has 0 radical (unpaired) electrons. The molecule has 3 amide bonds. The molecule has 1 saturated heterocycles. The summed E-state index contributed by atoms with van der Waals surface area (Å²) in [5.41, 5.74) is 2.52. The van der Waals surface area contributed by atoms with Crippen LogP contribution in [0.2, 0.25) is 0 Å². The molecule has 2 N–H and O–H groups in total. The highest BCUT2D eigenvalue weighted by Gasteiger charge is 2.22. The zero-order valence-corrected chi connectivity index (χ0v) is 15.6. The largest absolute Gasteiger partial charge is 0.495 e. The van der Waals surface area contributed by atoms with E-state index in [0.717, 1.165) is 24.5 Å². The van der Waals surface area contributed by atoms with Crippen LogP contribution in [0, 0.1) is 0 Å². The number of amides is 3. The predicted octanol–water partition coefficient (Wildman–Crippen LogP) is 3.01. The molecule has 3 rings (SSSR count). The SMILES string of the molecule is COc1ccccc1NC(=O)N1CCN(c2ccc(NC(C)=O)cc2)CC1. The van der Waals surface area contributed by atoms with Gasteiger partial charge in [-0.3, -0.25) is 4.79 Å². The maximum Gasteiger partial charge on any atom is 0.322 e. The van der Waals surface area contributed by atoms with E-state index in [-0.39, 0.29) is 11.9 Å². The molecule has 0 spiro atoms. The van der Waals surface area contributed by atoms with Crippen molar-refractivity contribution in [3.05, 3.63) is 48.5 Å². The molecule has 7 nitrogen and oxygen atoms in total. The van der Waals surface area contributed by atoms with Crippen LogP contribution in [0.5, 0.6) is 5.75 Å². The number of carbonyl (C=O) groups is 2. The number of piperazine rings is 1. The van der Waals surface area contributed by atoms with E-state index in [4.69, 9.17) is 4.74 Å². The van der Waals surface area contributed by atoms with Gasteiger partial charge >= 0.3 is 6.03 Å². The van der Waals surface area contributed by atoms with Crippen LogP contribution in [0.3, 0.4) is 0 Å². The van der Waals surface area contributed by atoms with Gasteiger partial charge in [-0.1, -0.05) is 12.1 Å². The van der Waals surface area contributed by atoms with Crippen molar-refractivity contribution in [1.29, 1.82) is 0 Å². The van der Waals surface area contributed by atoms with Crippen LogP contribution in [0.15, 0.2) is 48.5 Å². The molecule has 0 aliphatic carbocycles. The van der Waals surface area contributed by atoms with Crippen molar-refractivity contribution in [2.45, 2.75) is 6.92 Å². The molecular formula is C20H24N4O3. The summed E-state index contributed by atoms with van der Waals surface area (Å²) < 4.78 is 5.27. The second kappa shape index (κ2) is 8.44. The minimum absolute atomic E-state index is 0.0857. The fraction of sp³-hybridized carbons (Fsp3) is 0.300. The Bertz CT molecular complexity index is 799. The maximum atomic E-state index is 12.5. The lowest BCUT2D eigenvalue weighted by Gasteiger charge is -2.36. The number of hydrogen-bond acceptors (Lipinski definition) is 4. The predicted molar refractivity (Wildman–Crippen MR) is 107 cm³/mol. The molecular weight excluding hydrogens is 344 g/mol. The molecule has 7 heteroatoms. The van der Waals surface area contributed by atoms with E-state index in [1.165, 1.54) is 6.92 Å². The van der Waals surface area contributed by atoms with Gasteiger partial charge in [-0.05, 0) is 36.4 Å². The summed E-state index contributed by atoms with van der Waals surface area (Å²) in [5, 5.41) is 5.68. The number of methoxy groups -OCH3 is 1. The third-order valence-corrected chi connectivity index (χ3v) is 4.47. The topological polar surface area (TPSA) is 73.9 Å². The lowest BCUT2D eigenvalue weighted by Crippen LogP contribution is -2.50. The minimum Gasteiger partial charge on any atom is -0.495 e. The average Bonchev–Trinajstić information content (AvgIpc) is 2.68. The highest BCUT2D eigenvalue weighted by molar-refractivity contribution is 5.91. The summed E-state index contributed by atoms with van der Waals surface area (Å²) in [7, 11) is 1.58. The number of nitrogens with zero attached hydrogens (tertiary/aromatic N) is 2. The van der Waals surface area contributed by atoms with Crippen molar-refractivity contribution >= 4 is 29.0 Å². The van der Waals surface area contributed by atoms with Gasteiger partial charge in [-0.2, -0.15) is 0 Å². The molecule has 0 saturated carbocycles. The summed E-state index contributed by atoms with van der Waals surface area (Å²) in [6, 6.07) is 15.0. The van der Waals surface area contributed by atoms with Crippen molar-refractivity contribution in [3.8, 4) is 5.75 Å². The third-order valence-electron chi connectivity index (χ3n) is 4.47. The highest BCUT2D eigenvalue weighted by atomic mass is 16.5. The zero-order chi connectivity index (χ0) is 19.2. The molecule has 0 unspecified atom stereocenters. The van der Waals surface area contributed by atoms with E-state index in [0.29, 0.717) is 24.5 Å². The Morgan fingerprint density at radius 3 is 2.22 bits per heavy atom. The van der Waals surface area contributed by atoms with Gasteiger partial charge in [-0.25, -0.2) is 4.79 Å². The van der Waals surface area contributed by atoms with Crippen LogP contribution in [0.1, 0.15) is 6.92 Å². The van der Waals surface area contributed by atoms with E-state index in [1.807, 2.05) is 48.5 Å². The molecule has 0 aromatic heterocycles. The first kappa shape index (κ1) is 18.6. The minimum atomic E-state index is -0.125. The first-order valence-corrected chi connectivity index (χ1v) is 8.88. The van der Waals surface area contributed by atoms with Crippen LogP contribution >= 0.6 is 0 Å². The van der Waals surface area contributed by atoms with E-state index in [2.05, 4.69) is 15.5 Å². The van der Waals surface area contributed by atoms with Crippen molar-refractivity contribution in [3.63, 3.8) is 0 Å². The second-order valence-electron chi connectivity index (χ2n) is 6.33. The molecule has 142 valence electrons. The van der Waals surface area contributed by atoms with E-state index in [9.17, 15) is 9.59 Å². The van der Waals surface area contributed by atoms with Gasteiger partial charge in [0.2, 0.25) is 5.91 Å². The van der Waals surface area contributed by atoms with Crippen molar-refractivity contribution < 1.29 is 14.3 Å². The number of nitrogens with one attached hydrogen (secondary N) is 2. The standard InChI is InChI=1S/C20H24N4O3/c1-15(25)21-16-7-9-17(10-8-16)23-11-13-24(14-12-23)20(26)22-18-5-3-4-6-19(18)27-2/h3-10H,11-14H2,1-2H3,(H,21,25)(H,22,26). The number of carbonyl (C=O) groups excluding carboxylic acids is 2. The summed E-state index contributed by atoms with van der Waals surface area (Å²) in [5.74, 6) is 0.557. The molecule has 2 aromatic carbocycles. The number of ether oxygens (including phenoxy) is 1. The fourth-order valence-corrected chi connectivity index (χ4v) is 3.07. The third kappa shape index (κ3) is 4.69. The molecule has 27 heavy (non-hydrogen) atoms. The summed E-state index contributed by atoms with van der Waals surface area (Å²) in [6.07, 6.45) is 0. The Morgan fingerprint density at radius 1 is 0.926 bits per heavy atom. The van der Waals surface area contributed by atoms with Gasteiger partial charge in [-0.15, -0.1) is 0 Å². The zero-order valence-electron chi connectivity index (χ0n) is 15.6. The molecule has 0 bridgehead atoms. The Kier molecular flexibility index (Phi) is 5.80. The van der Waals surface area contributed by atoms with Crippen LogP contribution in [0.4, 0.5) is 21.9 Å². The number of rotatable bonds is 4. The highest BCUT2D eigenvalue weighted by Crippen LogP contribution is 2.24. The van der Waals surface area contributed by atoms with Crippen LogP contribution < -0.4 is 20.3 Å². The van der Waals surface area contributed by atoms with Crippen LogP contribution in [-0.4, -0.2) is 50.1 Å². The van der Waals surface area contributed by atoms with Crippen molar-refractivity contribution in [1.82, 2.24) is 4.90 Å². The van der Waals surface area contributed by atoms with Gasteiger partial charge in [0.15, 0.2) is 0 Å². The second-order valence-corrected chi connectivity index (χ2v) is 6.33. The Hall–Kier alpha value is -3.22. The monoisotopic (exact) mass is 368 g/mol. The fourth-order valence-electron chi connectivity index (χ4n) is 3.07. The summed E-state index contributed by atoms with van der Waals surface area (Å²) >= 11 is 0. The molecule has 1 heterocycles. The van der Waals surface area contributed by atoms with Gasteiger partial charge < -0.3 is 25.2 Å². The molecule has 0 atom stereocenters. The van der Waals surface area contributed by atoms with Gasteiger partial charge in [0.1, 0.15) is 5.75 Å². The normalized spacial score (nSPS) is 13.9. The Labute approximate surface area is 158 Å². The number of benzene rings is 2. The van der Waals surface area contributed by atoms with Crippen molar-refractivity contribution in [2.24, 2.45) is 0 Å². The van der Waals surface area contributed by atoms with E-state index < -0.39 is 0 Å². The molecule has 1 fully saturated rings. The number of para-hydroxylation sites is 2. The number of anilines is 3. The maximum absolute atomic E-state index is 12.5.